The molecule has 0 bridgehead atoms. The van der Waals surface area contributed by atoms with Gasteiger partial charge in [0.05, 0.1) is 35.5 Å². The van der Waals surface area contributed by atoms with Gasteiger partial charge in [0, 0.05) is 23.4 Å². The number of hydrogen-bond donors (Lipinski definition) is 0. The van der Waals surface area contributed by atoms with E-state index in [9.17, 15) is 9.00 Å². The number of carbonyl (C=O) groups excluding carboxylic acids is 1. The fourth-order valence-corrected chi connectivity index (χ4v) is 4.25. The summed E-state index contributed by atoms with van der Waals surface area (Å²) in [5.41, 5.74) is 3.75. The highest BCUT2D eigenvalue weighted by molar-refractivity contribution is 7.85. The lowest BCUT2D eigenvalue weighted by molar-refractivity contribution is -0.140. The highest BCUT2D eigenvalue weighted by atomic mass is 32.2. The van der Waals surface area contributed by atoms with Gasteiger partial charge in [0.15, 0.2) is 0 Å². The third kappa shape index (κ3) is 5.73. The average Bonchev–Trinajstić information content (AvgIpc) is 3.14. The number of hydrogen-bond acceptors (Lipinski definition) is 5. The Morgan fingerprint density at radius 1 is 1.10 bits per heavy atom. The molecule has 0 aliphatic rings. The fraction of sp³-hybridized carbons (Fsp3) is 0.417. The number of ether oxygens (including phenoxy) is 2. The molecular formula is C24H30N2O4S. The van der Waals surface area contributed by atoms with Crippen molar-refractivity contribution < 1.29 is 18.5 Å². The van der Waals surface area contributed by atoms with Crippen LogP contribution in [0, 0.1) is 6.92 Å². The molecule has 1 heterocycles. The molecular weight excluding hydrogens is 412 g/mol. The summed E-state index contributed by atoms with van der Waals surface area (Å²) in [6, 6.07) is 13.9. The molecule has 3 aromatic rings. The van der Waals surface area contributed by atoms with E-state index in [4.69, 9.17) is 4.74 Å². The molecule has 0 spiro atoms. The summed E-state index contributed by atoms with van der Waals surface area (Å²) in [5.74, 6) is 0.570. The molecule has 0 N–H and O–H groups in total. The monoisotopic (exact) mass is 442 g/mol. The number of imidazole rings is 1. The number of methoxy groups -OCH3 is 1. The summed E-state index contributed by atoms with van der Waals surface area (Å²) in [6.07, 6.45) is 2.98. The number of fused-ring (bicyclic) bond motifs is 1. The Hall–Kier alpha value is -2.67. The van der Waals surface area contributed by atoms with Crippen LogP contribution in [0.5, 0.6) is 5.75 Å². The predicted octanol–water partition coefficient (Wildman–Crippen LogP) is 4.96. The summed E-state index contributed by atoms with van der Waals surface area (Å²) in [5, 5.41) is 0.510. The molecule has 2 aromatic carbocycles. The van der Waals surface area contributed by atoms with Gasteiger partial charge in [0.2, 0.25) is 5.16 Å². The first-order chi connectivity index (χ1) is 14.9. The molecule has 0 saturated heterocycles. The Labute approximate surface area is 186 Å². The first-order valence-corrected chi connectivity index (χ1v) is 11.8. The van der Waals surface area contributed by atoms with Crippen molar-refractivity contribution in [3.8, 4) is 11.4 Å². The molecule has 0 saturated carbocycles. The quantitative estimate of drug-likeness (QED) is 0.328. The van der Waals surface area contributed by atoms with Crippen molar-refractivity contribution in [1.29, 1.82) is 0 Å². The zero-order valence-electron chi connectivity index (χ0n) is 18.6. The van der Waals surface area contributed by atoms with Gasteiger partial charge in [0.1, 0.15) is 5.75 Å². The van der Waals surface area contributed by atoms with Gasteiger partial charge >= 0.3 is 5.97 Å². The van der Waals surface area contributed by atoms with E-state index in [1.165, 1.54) is 7.11 Å². The van der Waals surface area contributed by atoms with Crippen LogP contribution < -0.4 is 4.74 Å². The van der Waals surface area contributed by atoms with Crippen molar-refractivity contribution >= 4 is 27.8 Å². The fourth-order valence-electron chi connectivity index (χ4n) is 3.25. The minimum Gasteiger partial charge on any atom is -0.494 e. The van der Waals surface area contributed by atoms with Crippen LogP contribution >= 0.6 is 0 Å². The SMILES string of the molecule is COC(=O)CCCCCOc1ccc2nc(S(=O)C(C)C)n(-c3ccc(C)cc3)c2c1. The van der Waals surface area contributed by atoms with Crippen molar-refractivity contribution in [2.75, 3.05) is 13.7 Å². The second-order valence-electron chi connectivity index (χ2n) is 7.80. The lowest BCUT2D eigenvalue weighted by Crippen LogP contribution is -2.12. The number of aromatic nitrogens is 2. The van der Waals surface area contributed by atoms with Gasteiger partial charge in [-0.1, -0.05) is 31.5 Å². The summed E-state index contributed by atoms with van der Waals surface area (Å²) >= 11 is 0. The smallest absolute Gasteiger partial charge is 0.305 e. The number of esters is 1. The third-order valence-corrected chi connectivity index (χ3v) is 6.51. The van der Waals surface area contributed by atoms with Gasteiger partial charge in [-0.05, 0) is 50.5 Å². The molecule has 1 atom stereocenters. The van der Waals surface area contributed by atoms with Gasteiger partial charge in [0.25, 0.3) is 0 Å². The minimum absolute atomic E-state index is 0.0401. The molecule has 0 amide bonds. The topological polar surface area (TPSA) is 70.4 Å². The summed E-state index contributed by atoms with van der Waals surface area (Å²) in [4.78, 5) is 15.8. The number of carbonyl (C=O) groups is 1. The summed E-state index contributed by atoms with van der Waals surface area (Å²) in [7, 11) is 0.175. The zero-order chi connectivity index (χ0) is 22.4. The lowest BCUT2D eigenvalue weighted by atomic mass is 10.2. The molecule has 1 unspecified atom stereocenters. The van der Waals surface area contributed by atoms with Crippen LogP contribution in [0.15, 0.2) is 47.6 Å². The first-order valence-electron chi connectivity index (χ1n) is 10.6. The van der Waals surface area contributed by atoms with Gasteiger partial charge in [-0.3, -0.25) is 13.6 Å². The summed E-state index contributed by atoms with van der Waals surface area (Å²) < 4.78 is 25.5. The van der Waals surface area contributed by atoms with Crippen LogP contribution in [0.3, 0.4) is 0 Å². The Balaban J connectivity index is 1.82. The van der Waals surface area contributed by atoms with Crippen molar-refractivity contribution in [3.63, 3.8) is 0 Å². The van der Waals surface area contributed by atoms with Crippen LogP contribution in [0.25, 0.3) is 16.7 Å². The van der Waals surface area contributed by atoms with Crippen LogP contribution in [0.1, 0.15) is 45.1 Å². The molecule has 166 valence electrons. The Morgan fingerprint density at radius 2 is 1.84 bits per heavy atom. The Kier molecular flexibility index (Phi) is 7.85. The minimum atomic E-state index is -1.23. The lowest BCUT2D eigenvalue weighted by Gasteiger charge is -2.12. The van der Waals surface area contributed by atoms with E-state index in [0.29, 0.717) is 18.2 Å². The number of unbranched alkanes of at least 4 members (excludes halogenated alkanes) is 2. The average molecular weight is 443 g/mol. The normalized spacial score (nSPS) is 12.3. The van der Waals surface area contributed by atoms with Crippen LogP contribution in [-0.4, -0.2) is 38.7 Å². The van der Waals surface area contributed by atoms with E-state index in [2.05, 4.69) is 9.72 Å². The second kappa shape index (κ2) is 10.6. The van der Waals surface area contributed by atoms with E-state index < -0.39 is 10.8 Å². The second-order valence-corrected chi connectivity index (χ2v) is 9.70. The largest absolute Gasteiger partial charge is 0.494 e. The van der Waals surface area contributed by atoms with Crippen LogP contribution in [0.4, 0.5) is 0 Å². The van der Waals surface area contributed by atoms with Gasteiger partial charge < -0.3 is 9.47 Å². The van der Waals surface area contributed by atoms with Crippen molar-refractivity contribution in [2.24, 2.45) is 0 Å². The molecule has 0 fully saturated rings. The number of benzene rings is 2. The van der Waals surface area contributed by atoms with Crippen molar-refractivity contribution in [3.05, 3.63) is 48.0 Å². The van der Waals surface area contributed by atoms with Crippen molar-refractivity contribution in [1.82, 2.24) is 9.55 Å². The zero-order valence-corrected chi connectivity index (χ0v) is 19.4. The van der Waals surface area contributed by atoms with E-state index in [1.807, 2.05) is 67.8 Å². The molecule has 31 heavy (non-hydrogen) atoms. The third-order valence-electron chi connectivity index (χ3n) is 5.02. The molecule has 0 aliphatic heterocycles. The van der Waals surface area contributed by atoms with E-state index in [0.717, 1.165) is 47.3 Å². The highest BCUT2D eigenvalue weighted by Gasteiger charge is 2.20. The van der Waals surface area contributed by atoms with Crippen molar-refractivity contribution in [2.45, 2.75) is 56.9 Å². The molecule has 0 aliphatic carbocycles. The molecule has 3 rings (SSSR count). The molecule has 0 radical (unpaired) electrons. The van der Waals surface area contributed by atoms with Gasteiger partial charge in [-0.25, -0.2) is 4.98 Å². The maximum Gasteiger partial charge on any atom is 0.305 e. The first kappa shape index (κ1) is 23.0. The van der Waals surface area contributed by atoms with E-state index in [-0.39, 0.29) is 11.2 Å². The highest BCUT2D eigenvalue weighted by Crippen LogP contribution is 2.28. The molecule has 1 aromatic heterocycles. The predicted molar refractivity (Wildman–Crippen MR) is 123 cm³/mol. The van der Waals surface area contributed by atoms with E-state index >= 15 is 0 Å². The number of nitrogens with zero attached hydrogens (tertiary/aromatic N) is 2. The van der Waals surface area contributed by atoms with Crippen LogP contribution in [0.2, 0.25) is 0 Å². The standard InChI is InChI=1S/C24H30N2O4S/c1-17(2)31(28)24-25-21-14-13-20(30-15-7-5-6-8-23(27)29-4)16-22(21)26(24)19-11-9-18(3)10-12-19/h9-14,16-17H,5-8,15H2,1-4H3. The molecule has 6 nitrogen and oxygen atoms in total. The van der Waals surface area contributed by atoms with E-state index in [1.54, 1.807) is 0 Å². The number of rotatable bonds is 10. The number of aryl methyl sites for hydroxylation is 1. The van der Waals surface area contributed by atoms with Crippen LogP contribution in [-0.2, 0) is 20.3 Å². The van der Waals surface area contributed by atoms with Gasteiger partial charge in [-0.15, -0.1) is 0 Å². The Morgan fingerprint density at radius 3 is 2.52 bits per heavy atom. The van der Waals surface area contributed by atoms with Gasteiger partial charge in [-0.2, -0.15) is 0 Å². The summed E-state index contributed by atoms with van der Waals surface area (Å²) in [6.45, 7) is 6.48. The maximum absolute atomic E-state index is 13.0. The Bertz CT molecular complexity index is 1060. The maximum atomic E-state index is 13.0. The molecule has 7 heteroatoms.